The van der Waals surface area contributed by atoms with Gasteiger partial charge in [-0.15, -0.1) is 0 Å². The Balaban J connectivity index is 1.63. The largest absolute Gasteiger partial charge is 0.480 e. The van der Waals surface area contributed by atoms with E-state index in [9.17, 15) is 4.79 Å². The van der Waals surface area contributed by atoms with Gasteiger partial charge in [0.25, 0.3) is 0 Å². The van der Waals surface area contributed by atoms with Crippen LogP contribution in [0.4, 0.5) is 0 Å². The molecule has 0 saturated carbocycles. The summed E-state index contributed by atoms with van der Waals surface area (Å²) >= 11 is 0. The van der Waals surface area contributed by atoms with E-state index < -0.39 is 12.0 Å². The van der Waals surface area contributed by atoms with Gasteiger partial charge >= 0.3 is 5.97 Å². The van der Waals surface area contributed by atoms with E-state index in [1.165, 1.54) is 5.56 Å². The summed E-state index contributed by atoms with van der Waals surface area (Å²) in [7, 11) is 0. The third-order valence-electron chi connectivity index (χ3n) is 3.89. The molecule has 1 fully saturated rings. The Kier molecular flexibility index (Phi) is 5.56. The van der Waals surface area contributed by atoms with Crippen molar-refractivity contribution in [2.75, 3.05) is 19.7 Å². The van der Waals surface area contributed by atoms with E-state index in [-0.39, 0.29) is 6.10 Å². The zero-order valence-corrected chi connectivity index (χ0v) is 12.0. The van der Waals surface area contributed by atoms with E-state index in [2.05, 4.69) is 24.3 Å². The molecule has 1 aliphatic rings. The summed E-state index contributed by atoms with van der Waals surface area (Å²) in [5, 5.41) is 8.99. The molecule has 2 rings (SSSR count). The van der Waals surface area contributed by atoms with Crippen molar-refractivity contribution >= 4 is 5.97 Å². The SMILES string of the molecule is C[C@@H](C(=O)O)N1CC[C@@H](OCCCc2ccccc2)C1. The predicted octanol–water partition coefficient (Wildman–Crippen LogP) is 2.18. The minimum atomic E-state index is -0.755. The number of rotatable bonds is 7. The first kappa shape index (κ1) is 15.0. The second-order valence-electron chi connectivity index (χ2n) is 5.38. The first-order chi connectivity index (χ1) is 9.66. The molecule has 0 aromatic heterocycles. The van der Waals surface area contributed by atoms with Crippen LogP contribution >= 0.6 is 0 Å². The molecule has 4 heteroatoms. The van der Waals surface area contributed by atoms with Crippen molar-refractivity contribution in [3.8, 4) is 0 Å². The number of carboxylic acids is 1. The average Bonchev–Trinajstić information content (AvgIpc) is 2.92. The predicted molar refractivity (Wildman–Crippen MR) is 77.8 cm³/mol. The Bertz CT molecular complexity index is 421. The maximum Gasteiger partial charge on any atom is 0.320 e. The number of benzene rings is 1. The van der Waals surface area contributed by atoms with E-state index in [1.807, 2.05) is 11.0 Å². The maximum absolute atomic E-state index is 10.9. The number of hydrogen-bond donors (Lipinski definition) is 1. The molecule has 1 aromatic rings. The number of ether oxygens (including phenoxy) is 1. The van der Waals surface area contributed by atoms with Crippen molar-refractivity contribution in [1.82, 2.24) is 4.90 Å². The molecule has 20 heavy (non-hydrogen) atoms. The van der Waals surface area contributed by atoms with Crippen molar-refractivity contribution in [1.29, 1.82) is 0 Å². The molecule has 1 aromatic carbocycles. The van der Waals surface area contributed by atoms with Gasteiger partial charge in [-0.1, -0.05) is 30.3 Å². The normalized spacial score (nSPS) is 20.9. The van der Waals surface area contributed by atoms with Crippen LogP contribution in [0.25, 0.3) is 0 Å². The van der Waals surface area contributed by atoms with Gasteiger partial charge in [0.2, 0.25) is 0 Å². The molecule has 1 aliphatic heterocycles. The van der Waals surface area contributed by atoms with Crippen LogP contribution in [0.3, 0.4) is 0 Å². The fraction of sp³-hybridized carbons (Fsp3) is 0.562. The summed E-state index contributed by atoms with van der Waals surface area (Å²) in [6, 6.07) is 9.98. The first-order valence-electron chi connectivity index (χ1n) is 7.29. The van der Waals surface area contributed by atoms with Crippen LogP contribution in [0.2, 0.25) is 0 Å². The maximum atomic E-state index is 10.9. The molecule has 1 heterocycles. The molecule has 110 valence electrons. The van der Waals surface area contributed by atoms with Crippen LogP contribution in [0, 0.1) is 0 Å². The zero-order valence-electron chi connectivity index (χ0n) is 12.0. The second kappa shape index (κ2) is 7.41. The fourth-order valence-electron chi connectivity index (χ4n) is 2.57. The highest BCUT2D eigenvalue weighted by atomic mass is 16.5. The summed E-state index contributed by atoms with van der Waals surface area (Å²) in [6.07, 6.45) is 3.16. The summed E-state index contributed by atoms with van der Waals surface area (Å²) in [5.41, 5.74) is 1.34. The van der Waals surface area contributed by atoms with Crippen LogP contribution in [0.15, 0.2) is 30.3 Å². The Morgan fingerprint density at radius 1 is 1.45 bits per heavy atom. The lowest BCUT2D eigenvalue weighted by Crippen LogP contribution is -2.37. The minimum absolute atomic E-state index is 0.188. The third-order valence-corrected chi connectivity index (χ3v) is 3.89. The monoisotopic (exact) mass is 277 g/mol. The molecule has 0 unspecified atom stereocenters. The minimum Gasteiger partial charge on any atom is -0.480 e. The zero-order chi connectivity index (χ0) is 14.4. The van der Waals surface area contributed by atoms with E-state index in [0.29, 0.717) is 0 Å². The van der Waals surface area contributed by atoms with E-state index in [0.717, 1.165) is 39.0 Å². The molecule has 1 N–H and O–H groups in total. The second-order valence-corrected chi connectivity index (χ2v) is 5.38. The molecule has 0 spiro atoms. The molecule has 4 nitrogen and oxygen atoms in total. The van der Waals surface area contributed by atoms with Crippen molar-refractivity contribution < 1.29 is 14.6 Å². The molecule has 0 radical (unpaired) electrons. The number of carbonyl (C=O) groups is 1. The Morgan fingerprint density at radius 2 is 2.20 bits per heavy atom. The topological polar surface area (TPSA) is 49.8 Å². The van der Waals surface area contributed by atoms with Gasteiger partial charge in [-0.2, -0.15) is 0 Å². The van der Waals surface area contributed by atoms with Gasteiger partial charge in [0.1, 0.15) is 6.04 Å². The lowest BCUT2D eigenvalue weighted by Gasteiger charge is -2.20. The summed E-state index contributed by atoms with van der Waals surface area (Å²) in [6.45, 7) is 4.03. The fourth-order valence-corrected chi connectivity index (χ4v) is 2.57. The number of likely N-dealkylation sites (tertiary alicyclic amines) is 1. The highest BCUT2D eigenvalue weighted by Gasteiger charge is 2.29. The first-order valence-corrected chi connectivity index (χ1v) is 7.29. The number of nitrogens with zero attached hydrogens (tertiary/aromatic N) is 1. The smallest absolute Gasteiger partial charge is 0.320 e. The van der Waals surface area contributed by atoms with Gasteiger partial charge in [0.05, 0.1) is 6.10 Å². The van der Waals surface area contributed by atoms with E-state index >= 15 is 0 Å². The van der Waals surface area contributed by atoms with Gasteiger partial charge in [0, 0.05) is 19.7 Å². The highest BCUT2D eigenvalue weighted by molar-refractivity contribution is 5.72. The van der Waals surface area contributed by atoms with Crippen LogP contribution in [0.5, 0.6) is 0 Å². The standard InChI is InChI=1S/C16H23NO3/c1-13(16(18)19)17-10-9-15(12-17)20-11-5-8-14-6-3-2-4-7-14/h2-4,6-7,13,15H,5,8-12H2,1H3,(H,18,19)/t13-,15+/m0/s1. The van der Waals surface area contributed by atoms with Crippen LogP contribution in [-0.2, 0) is 16.0 Å². The molecule has 0 bridgehead atoms. The molecule has 2 atom stereocenters. The average molecular weight is 277 g/mol. The van der Waals surface area contributed by atoms with Gasteiger partial charge in [-0.3, -0.25) is 9.69 Å². The number of aliphatic carboxylic acids is 1. The molecule has 1 saturated heterocycles. The van der Waals surface area contributed by atoms with Crippen LogP contribution in [0.1, 0.15) is 25.3 Å². The molecule has 0 amide bonds. The molecular formula is C16H23NO3. The summed E-state index contributed by atoms with van der Waals surface area (Å²) in [5.74, 6) is -0.755. The summed E-state index contributed by atoms with van der Waals surface area (Å²) < 4.78 is 5.85. The van der Waals surface area contributed by atoms with Crippen molar-refractivity contribution in [2.45, 2.75) is 38.3 Å². The number of hydrogen-bond acceptors (Lipinski definition) is 3. The van der Waals surface area contributed by atoms with Gasteiger partial charge in [0.15, 0.2) is 0 Å². The van der Waals surface area contributed by atoms with Crippen molar-refractivity contribution in [2.24, 2.45) is 0 Å². The summed E-state index contributed by atoms with van der Waals surface area (Å²) in [4.78, 5) is 12.9. The Morgan fingerprint density at radius 3 is 2.90 bits per heavy atom. The van der Waals surface area contributed by atoms with Crippen molar-refractivity contribution in [3.05, 3.63) is 35.9 Å². The number of carboxylic acid groups (broad SMARTS) is 1. The quantitative estimate of drug-likeness (QED) is 0.776. The Hall–Kier alpha value is -1.39. The lowest BCUT2D eigenvalue weighted by molar-refractivity contribution is -0.142. The van der Waals surface area contributed by atoms with Crippen molar-refractivity contribution in [3.63, 3.8) is 0 Å². The lowest BCUT2D eigenvalue weighted by atomic mass is 10.1. The van der Waals surface area contributed by atoms with Gasteiger partial charge in [-0.25, -0.2) is 0 Å². The number of aryl methyl sites for hydroxylation is 1. The van der Waals surface area contributed by atoms with Gasteiger partial charge in [-0.05, 0) is 31.7 Å². The third kappa shape index (κ3) is 4.32. The van der Waals surface area contributed by atoms with Crippen LogP contribution < -0.4 is 0 Å². The van der Waals surface area contributed by atoms with E-state index in [1.54, 1.807) is 6.92 Å². The highest BCUT2D eigenvalue weighted by Crippen LogP contribution is 2.16. The van der Waals surface area contributed by atoms with E-state index in [4.69, 9.17) is 9.84 Å². The van der Waals surface area contributed by atoms with Gasteiger partial charge < -0.3 is 9.84 Å². The molecule has 0 aliphatic carbocycles. The molecular weight excluding hydrogens is 254 g/mol. The van der Waals surface area contributed by atoms with Crippen LogP contribution in [-0.4, -0.2) is 47.8 Å². The Labute approximate surface area is 120 Å².